The Morgan fingerprint density at radius 1 is 1.40 bits per heavy atom. The van der Waals surface area contributed by atoms with E-state index in [0.717, 1.165) is 5.56 Å². The van der Waals surface area contributed by atoms with Crippen molar-refractivity contribution in [3.8, 4) is 0 Å². The summed E-state index contributed by atoms with van der Waals surface area (Å²) in [5.41, 5.74) is 6.84. The number of rotatable bonds is 2. The van der Waals surface area contributed by atoms with Gasteiger partial charge in [-0.15, -0.1) is 0 Å². The van der Waals surface area contributed by atoms with Crippen LogP contribution < -0.4 is 10.9 Å². The number of thioether (sulfide) groups is 1. The monoisotopic (exact) mass is 241 g/mol. The molecular weight excluding hydrogens is 234 g/mol. The number of nitrogens with zero attached hydrogens (tertiary/aromatic N) is 1. The van der Waals surface area contributed by atoms with Crippen LogP contribution in [0.4, 0.5) is 5.69 Å². The zero-order valence-electron chi connectivity index (χ0n) is 7.47. The van der Waals surface area contributed by atoms with E-state index in [1.165, 1.54) is 23.9 Å². The molecule has 1 unspecified atom stereocenters. The number of non-ortho nitro benzene ring substituents is 1. The first-order chi connectivity index (χ1) is 7.16. The lowest BCUT2D eigenvalue weighted by atomic mass is 10.2. The Kier molecular flexibility index (Phi) is 2.85. The van der Waals surface area contributed by atoms with Crippen LogP contribution in [0.25, 0.3) is 0 Å². The van der Waals surface area contributed by atoms with Crippen molar-refractivity contribution in [3.05, 3.63) is 39.9 Å². The Bertz CT molecular complexity index is 407. The minimum Gasteiger partial charge on any atom is -0.305 e. The van der Waals surface area contributed by atoms with Crippen LogP contribution in [0.15, 0.2) is 24.3 Å². The summed E-state index contributed by atoms with van der Waals surface area (Å²) in [6.45, 7) is 0. The van der Waals surface area contributed by atoms with E-state index in [2.05, 4.69) is 10.9 Å². The zero-order chi connectivity index (χ0) is 10.8. The van der Waals surface area contributed by atoms with Crippen LogP contribution in [0.3, 0.4) is 0 Å². The van der Waals surface area contributed by atoms with Crippen LogP contribution in [-0.2, 0) is 0 Å². The number of nitro groups is 1. The van der Waals surface area contributed by atoms with Crippen molar-refractivity contribution in [1.29, 1.82) is 0 Å². The summed E-state index contributed by atoms with van der Waals surface area (Å²) in [6, 6.07) is 6.41. The molecule has 0 radical (unpaired) electrons. The molecule has 0 saturated carbocycles. The number of hydrogen-bond donors (Lipinski definition) is 2. The van der Waals surface area contributed by atoms with Crippen molar-refractivity contribution >= 4 is 34.0 Å². The van der Waals surface area contributed by atoms with E-state index in [4.69, 9.17) is 12.2 Å². The lowest BCUT2D eigenvalue weighted by Gasteiger charge is -2.06. The summed E-state index contributed by atoms with van der Waals surface area (Å²) in [7, 11) is 0. The highest BCUT2D eigenvalue weighted by molar-refractivity contribution is 8.23. The molecule has 1 aliphatic rings. The summed E-state index contributed by atoms with van der Waals surface area (Å²) in [5, 5.41) is 10.5. The molecule has 0 amide bonds. The first-order valence-electron chi connectivity index (χ1n) is 4.13. The average Bonchev–Trinajstić information content (AvgIpc) is 2.65. The van der Waals surface area contributed by atoms with Gasteiger partial charge >= 0.3 is 0 Å². The quantitative estimate of drug-likeness (QED) is 0.467. The van der Waals surface area contributed by atoms with E-state index in [-0.39, 0.29) is 11.1 Å². The van der Waals surface area contributed by atoms with Gasteiger partial charge in [-0.05, 0) is 17.7 Å². The smallest absolute Gasteiger partial charge is 0.269 e. The molecule has 0 spiro atoms. The number of benzene rings is 1. The highest BCUT2D eigenvalue weighted by atomic mass is 32.2. The maximum atomic E-state index is 10.4. The predicted octanol–water partition coefficient (Wildman–Crippen LogP) is 1.72. The van der Waals surface area contributed by atoms with Gasteiger partial charge in [-0.2, -0.15) is 0 Å². The lowest BCUT2D eigenvalue weighted by molar-refractivity contribution is -0.384. The van der Waals surface area contributed by atoms with Crippen molar-refractivity contribution < 1.29 is 4.92 Å². The fourth-order valence-corrected chi connectivity index (χ4v) is 2.30. The molecule has 1 fully saturated rings. The largest absolute Gasteiger partial charge is 0.305 e. The predicted molar refractivity (Wildman–Crippen MR) is 62.3 cm³/mol. The molecule has 2 rings (SSSR count). The molecule has 1 aliphatic heterocycles. The van der Waals surface area contributed by atoms with Crippen LogP contribution in [0.2, 0.25) is 0 Å². The molecule has 0 aliphatic carbocycles. The third-order valence-corrected chi connectivity index (χ3v) is 3.27. The Morgan fingerprint density at radius 2 is 2.07 bits per heavy atom. The standard InChI is InChI=1S/C8H7N3O2S2/c12-11(13)6-3-1-5(2-4-6)7-9-10-8(14)15-7/h1-4,7,9H,(H,10,14). The first kappa shape index (κ1) is 10.3. The maximum Gasteiger partial charge on any atom is 0.269 e. The first-order valence-corrected chi connectivity index (χ1v) is 5.42. The van der Waals surface area contributed by atoms with Gasteiger partial charge < -0.3 is 5.43 Å². The maximum absolute atomic E-state index is 10.4. The van der Waals surface area contributed by atoms with Gasteiger partial charge in [-0.25, -0.2) is 5.43 Å². The number of nitrogens with one attached hydrogen (secondary N) is 2. The molecule has 1 aromatic rings. The number of nitro benzene ring substituents is 1. The van der Waals surface area contributed by atoms with E-state index in [1.807, 2.05) is 0 Å². The summed E-state index contributed by atoms with van der Waals surface area (Å²) >= 11 is 6.42. The summed E-state index contributed by atoms with van der Waals surface area (Å²) in [5.74, 6) is 0. The highest BCUT2D eigenvalue weighted by Crippen LogP contribution is 2.30. The Balaban J connectivity index is 2.17. The highest BCUT2D eigenvalue weighted by Gasteiger charge is 2.21. The molecule has 2 N–H and O–H groups in total. The zero-order valence-corrected chi connectivity index (χ0v) is 9.10. The second kappa shape index (κ2) is 4.13. The van der Waals surface area contributed by atoms with Gasteiger partial charge in [0.25, 0.3) is 5.69 Å². The topological polar surface area (TPSA) is 67.2 Å². The third-order valence-electron chi connectivity index (χ3n) is 1.94. The van der Waals surface area contributed by atoms with E-state index in [1.54, 1.807) is 12.1 Å². The second-order valence-electron chi connectivity index (χ2n) is 2.90. The van der Waals surface area contributed by atoms with Gasteiger partial charge in [0, 0.05) is 12.1 Å². The molecule has 15 heavy (non-hydrogen) atoms. The van der Waals surface area contributed by atoms with Gasteiger partial charge in [-0.3, -0.25) is 10.1 Å². The summed E-state index contributed by atoms with van der Waals surface area (Å²) < 4.78 is 0.679. The fraction of sp³-hybridized carbons (Fsp3) is 0.125. The van der Waals surface area contributed by atoms with E-state index in [9.17, 15) is 10.1 Å². The van der Waals surface area contributed by atoms with Gasteiger partial charge in [0.1, 0.15) is 9.69 Å². The molecular formula is C8H7N3O2S2. The van der Waals surface area contributed by atoms with Crippen LogP contribution in [0.5, 0.6) is 0 Å². The molecule has 78 valence electrons. The number of hydrogen-bond acceptors (Lipinski definition) is 5. The Labute approximate surface area is 95.4 Å². The summed E-state index contributed by atoms with van der Waals surface area (Å²) in [4.78, 5) is 10.0. The van der Waals surface area contributed by atoms with Crippen molar-refractivity contribution in [3.63, 3.8) is 0 Å². The molecule has 0 bridgehead atoms. The average molecular weight is 241 g/mol. The van der Waals surface area contributed by atoms with Crippen molar-refractivity contribution in [2.24, 2.45) is 0 Å². The van der Waals surface area contributed by atoms with Gasteiger partial charge in [0.05, 0.1) is 4.92 Å². The lowest BCUT2D eigenvalue weighted by Crippen LogP contribution is -2.26. The minimum absolute atomic E-state index is 0.0262. The van der Waals surface area contributed by atoms with Crippen LogP contribution in [0, 0.1) is 10.1 Å². The Hall–Kier alpha value is -1.18. The molecule has 1 saturated heterocycles. The molecule has 7 heteroatoms. The Morgan fingerprint density at radius 3 is 2.53 bits per heavy atom. The van der Waals surface area contributed by atoms with Gasteiger partial charge in [0.15, 0.2) is 0 Å². The third kappa shape index (κ3) is 2.25. The number of thiocarbonyl (C=S) groups is 1. The fourth-order valence-electron chi connectivity index (χ4n) is 1.21. The molecule has 0 aromatic heterocycles. The second-order valence-corrected chi connectivity index (χ2v) is 4.69. The SMILES string of the molecule is O=[N+]([O-])c1ccc(C2NNC(=S)S2)cc1. The van der Waals surface area contributed by atoms with Crippen LogP contribution in [0.1, 0.15) is 10.9 Å². The van der Waals surface area contributed by atoms with E-state index < -0.39 is 4.92 Å². The van der Waals surface area contributed by atoms with Gasteiger partial charge in [0.2, 0.25) is 0 Å². The number of hydrazine groups is 1. The van der Waals surface area contributed by atoms with Crippen molar-refractivity contribution in [1.82, 2.24) is 10.9 Å². The normalized spacial score (nSPS) is 20.0. The summed E-state index contributed by atoms with van der Waals surface area (Å²) in [6.07, 6.45) is 0. The molecule has 1 aromatic carbocycles. The van der Waals surface area contributed by atoms with Crippen LogP contribution >= 0.6 is 24.0 Å². The van der Waals surface area contributed by atoms with Crippen LogP contribution in [-0.4, -0.2) is 9.24 Å². The molecule has 1 heterocycles. The minimum atomic E-state index is -0.415. The molecule has 1 atom stereocenters. The van der Waals surface area contributed by atoms with Crippen molar-refractivity contribution in [2.75, 3.05) is 0 Å². The van der Waals surface area contributed by atoms with Crippen molar-refractivity contribution in [2.45, 2.75) is 5.37 Å². The molecule has 5 nitrogen and oxygen atoms in total. The van der Waals surface area contributed by atoms with E-state index >= 15 is 0 Å². The van der Waals surface area contributed by atoms with Gasteiger partial charge in [-0.1, -0.05) is 24.0 Å². The van der Waals surface area contributed by atoms with E-state index in [0.29, 0.717) is 4.32 Å².